The van der Waals surface area contributed by atoms with Crippen LogP contribution in [-0.4, -0.2) is 49.3 Å². The Morgan fingerprint density at radius 1 is 1.12 bits per heavy atom. The van der Waals surface area contributed by atoms with Gasteiger partial charge in [-0.2, -0.15) is 4.31 Å². The van der Waals surface area contributed by atoms with Gasteiger partial charge in [0.25, 0.3) is 5.91 Å². The smallest absolute Gasteiger partial charge is 0.303 e. The second-order valence-corrected chi connectivity index (χ2v) is 7.94. The van der Waals surface area contributed by atoms with E-state index in [0.717, 1.165) is 0 Å². The number of amides is 1. The Morgan fingerprint density at radius 3 is 2.35 bits per heavy atom. The van der Waals surface area contributed by atoms with Crippen LogP contribution < -0.4 is 5.32 Å². The fourth-order valence-corrected chi connectivity index (χ4v) is 4.31. The minimum Gasteiger partial charge on any atom is -0.481 e. The summed E-state index contributed by atoms with van der Waals surface area (Å²) in [5.41, 5.74) is 0.897. The lowest BCUT2D eigenvalue weighted by molar-refractivity contribution is -0.137. The van der Waals surface area contributed by atoms with Crippen LogP contribution in [-0.2, 0) is 14.8 Å². The molecule has 0 heterocycles. The molecule has 0 aliphatic carbocycles. The molecule has 146 valence electrons. The Balaban J connectivity index is 2.77. The zero-order chi connectivity index (χ0) is 19.7. The molecule has 0 bridgehead atoms. The molecule has 0 fully saturated rings. The molecule has 0 aromatic heterocycles. The summed E-state index contributed by atoms with van der Waals surface area (Å²) in [6.45, 7) is 6.41. The first-order valence-corrected chi connectivity index (χ1v) is 10.3. The van der Waals surface area contributed by atoms with Crippen LogP contribution in [0.15, 0.2) is 23.1 Å². The number of nitrogens with zero attached hydrogens (tertiary/aromatic N) is 1. The number of carboxylic acids is 1. The quantitative estimate of drug-likeness (QED) is 0.570. The van der Waals surface area contributed by atoms with E-state index in [1.165, 1.54) is 10.4 Å². The molecule has 0 unspecified atom stereocenters. The molecule has 0 radical (unpaired) electrons. The number of sulfonamides is 1. The maximum Gasteiger partial charge on any atom is 0.303 e. The molecule has 0 saturated carbocycles. The monoisotopic (exact) mass is 384 g/mol. The van der Waals surface area contributed by atoms with Crippen LogP contribution in [0, 0.1) is 6.92 Å². The Kier molecular flexibility index (Phi) is 8.74. The lowest BCUT2D eigenvalue weighted by atomic mass is 10.1. The number of carbonyl (C=O) groups excluding carboxylic acids is 1. The maximum absolute atomic E-state index is 12.7. The van der Waals surface area contributed by atoms with Crippen molar-refractivity contribution >= 4 is 21.9 Å². The van der Waals surface area contributed by atoms with Crippen LogP contribution in [0.25, 0.3) is 0 Å². The zero-order valence-corrected chi connectivity index (χ0v) is 16.4. The van der Waals surface area contributed by atoms with Crippen molar-refractivity contribution in [2.45, 2.75) is 51.3 Å². The first kappa shape index (κ1) is 22.1. The molecule has 1 aromatic rings. The van der Waals surface area contributed by atoms with Gasteiger partial charge in [0.15, 0.2) is 0 Å². The van der Waals surface area contributed by atoms with Gasteiger partial charge in [-0.25, -0.2) is 8.42 Å². The number of rotatable bonds is 11. The van der Waals surface area contributed by atoms with Gasteiger partial charge in [-0.05, 0) is 37.5 Å². The molecule has 0 spiro atoms. The van der Waals surface area contributed by atoms with Gasteiger partial charge in [0.1, 0.15) is 0 Å². The molecule has 0 atom stereocenters. The highest BCUT2D eigenvalue weighted by Crippen LogP contribution is 2.21. The second-order valence-electron chi connectivity index (χ2n) is 6.03. The number of carbonyl (C=O) groups is 2. The van der Waals surface area contributed by atoms with E-state index in [9.17, 15) is 18.0 Å². The molecule has 1 aromatic carbocycles. The summed E-state index contributed by atoms with van der Waals surface area (Å²) in [6, 6.07) is 4.66. The Morgan fingerprint density at radius 2 is 1.77 bits per heavy atom. The highest BCUT2D eigenvalue weighted by molar-refractivity contribution is 7.89. The fourth-order valence-electron chi connectivity index (χ4n) is 2.60. The molecule has 1 amide bonds. The van der Waals surface area contributed by atoms with E-state index in [4.69, 9.17) is 5.11 Å². The van der Waals surface area contributed by atoms with Crippen LogP contribution >= 0.6 is 0 Å². The van der Waals surface area contributed by atoms with Crippen LogP contribution in [0.5, 0.6) is 0 Å². The normalized spacial score (nSPS) is 11.5. The molecular weight excluding hydrogens is 356 g/mol. The van der Waals surface area contributed by atoms with Crippen molar-refractivity contribution in [1.82, 2.24) is 9.62 Å². The van der Waals surface area contributed by atoms with Crippen LogP contribution in [0.3, 0.4) is 0 Å². The first-order chi connectivity index (χ1) is 12.2. The lowest BCUT2D eigenvalue weighted by Gasteiger charge is -2.20. The van der Waals surface area contributed by atoms with Gasteiger partial charge in [-0.15, -0.1) is 0 Å². The summed E-state index contributed by atoms with van der Waals surface area (Å²) >= 11 is 0. The predicted octanol–water partition coefficient (Wildman–Crippen LogP) is 2.40. The van der Waals surface area contributed by atoms with Crippen molar-refractivity contribution < 1.29 is 23.1 Å². The van der Waals surface area contributed by atoms with Crippen molar-refractivity contribution in [1.29, 1.82) is 0 Å². The second kappa shape index (κ2) is 10.3. The number of benzene rings is 1. The van der Waals surface area contributed by atoms with E-state index in [1.807, 2.05) is 0 Å². The van der Waals surface area contributed by atoms with Gasteiger partial charge in [0, 0.05) is 31.6 Å². The third-order valence-electron chi connectivity index (χ3n) is 4.13. The molecule has 0 aliphatic heterocycles. The summed E-state index contributed by atoms with van der Waals surface area (Å²) in [6.07, 6.45) is 2.08. The zero-order valence-electron chi connectivity index (χ0n) is 15.6. The van der Waals surface area contributed by atoms with Crippen LogP contribution in [0.2, 0.25) is 0 Å². The Bertz CT molecular complexity index is 727. The summed E-state index contributed by atoms with van der Waals surface area (Å²) in [7, 11) is -3.63. The molecule has 2 N–H and O–H groups in total. The lowest BCUT2D eigenvalue weighted by Crippen LogP contribution is -2.31. The Hall–Kier alpha value is -1.93. The van der Waals surface area contributed by atoms with Gasteiger partial charge in [0.2, 0.25) is 10.0 Å². The number of aryl methyl sites for hydroxylation is 1. The topological polar surface area (TPSA) is 104 Å². The largest absolute Gasteiger partial charge is 0.481 e. The number of carboxylic acid groups (broad SMARTS) is 1. The summed E-state index contributed by atoms with van der Waals surface area (Å²) in [5, 5.41) is 11.3. The van der Waals surface area contributed by atoms with Gasteiger partial charge in [-0.3, -0.25) is 9.59 Å². The Labute approximate surface area is 155 Å². The van der Waals surface area contributed by atoms with E-state index in [2.05, 4.69) is 5.32 Å². The number of nitrogens with one attached hydrogen (secondary N) is 1. The van der Waals surface area contributed by atoms with Crippen LogP contribution in [0.4, 0.5) is 0 Å². The molecule has 8 heteroatoms. The summed E-state index contributed by atoms with van der Waals surface area (Å²) in [5.74, 6) is -1.16. The molecule has 7 nitrogen and oxygen atoms in total. The van der Waals surface area contributed by atoms with Gasteiger partial charge in [0.05, 0.1) is 4.90 Å². The van der Waals surface area contributed by atoms with Crippen molar-refractivity contribution in [3.05, 3.63) is 29.3 Å². The predicted molar refractivity (Wildman–Crippen MR) is 99.7 cm³/mol. The molecule has 0 aliphatic rings. The standard InChI is InChI=1S/C18H28N2O5S/c1-4-20(5-2)26(24,25)16-13-15(11-10-14(16)3)18(23)19-12-8-6-7-9-17(21)22/h10-11,13H,4-9,12H2,1-3H3,(H,19,23)(H,21,22). The van der Waals surface area contributed by atoms with Crippen molar-refractivity contribution in [2.75, 3.05) is 19.6 Å². The molecule has 0 saturated heterocycles. The van der Waals surface area contributed by atoms with E-state index >= 15 is 0 Å². The number of unbranched alkanes of at least 4 members (excludes halogenated alkanes) is 2. The average molecular weight is 384 g/mol. The summed E-state index contributed by atoms with van der Waals surface area (Å²) < 4.78 is 26.8. The first-order valence-electron chi connectivity index (χ1n) is 8.84. The third kappa shape index (κ3) is 6.10. The van der Waals surface area contributed by atoms with Crippen molar-refractivity contribution in [2.24, 2.45) is 0 Å². The molecular formula is C18H28N2O5S. The van der Waals surface area contributed by atoms with E-state index in [0.29, 0.717) is 50.0 Å². The number of hydrogen-bond acceptors (Lipinski definition) is 4. The molecule has 26 heavy (non-hydrogen) atoms. The maximum atomic E-state index is 12.7. The molecule has 1 rings (SSSR count). The highest BCUT2D eigenvalue weighted by Gasteiger charge is 2.24. The SMILES string of the molecule is CCN(CC)S(=O)(=O)c1cc(C(=O)NCCCCCC(=O)O)ccc1C. The van der Waals surface area contributed by atoms with Gasteiger partial charge < -0.3 is 10.4 Å². The minimum absolute atomic E-state index is 0.123. The number of hydrogen-bond donors (Lipinski definition) is 2. The minimum atomic E-state index is -3.63. The highest BCUT2D eigenvalue weighted by atomic mass is 32.2. The average Bonchev–Trinajstić information content (AvgIpc) is 2.58. The van der Waals surface area contributed by atoms with Gasteiger partial charge >= 0.3 is 5.97 Å². The van der Waals surface area contributed by atoms with Crippen LogP contribution in [0.1, 0.15) is 55.5 Å². The van der Waals surface area contributed by atoms with Gasteiger partial charge in [-0.1, -0.05) is 26.3 Å². The van der Waals surface area contributed by atoms with Crippen molar-refractivity contribution in [3.63, 3.8) is 0 Å². The van der Waals surface area contributed by atoms with Crippen molar-refractivity contribution in [3.8, 4) is 0 Å². The number of aliphatic carboxylic acids is 1. The third-order valence-corrected chi connectivity index (χ3v) is 6.32. The summed E-state index contributed by atoms with van der Waals surface area (Å²) in [4.78, 5) is 22.9. The van der Waals surface area contributed by atoms with E-state index in [-0.39, 0.29) is 17.2 Å². The fraction of sp³-hybridized carbons (Fsp3) is 0.556. The van der Waals surface area contributed by atoms with E-state index < -0.39 is 16.0 Å². The van der Waals surface area contributed by atoms with E-state index in [1.54, 1.807) is 32.9 Å².